The summed E-state index contributed by atoms with van der Waals surface area (Å²) in [6.07, 6.45) is 0.824. The molecule has 0 unspecified atom stereocenters. The summed E-state index contributed by atoms with van der Waals surface area (Å²) in [4.78, 5) is 0. The van der Waals surface area contributed by atoms with Crippen LogP contribution < -0.4 is 0 Å². The zero-order valence-electron chi connectivity index (χ0n) is 11.4. The van der Waals surface area contributed by atoms with Crippen LogP contribution in [0, 0.1) is 6.92 Å². The van der Waals surface area contributed by atoms with E-state index in [2.05, 4.69) is 59.3 Å². The molecule has 0 aliphatic carbocycles. The minimum atomic E-state index is -0.237. The minimum Gasteiger partial charge on any atom is -0.126 e. The van der Waals surface area contributed by atoms with E-state index in [1.54, 1.807) is 0 Å². The monoisotopic (exact) mass is 370 g/mol. The smallest absolute Gasteiger partial charge is 0.0335 e. The maximum Gasteiger partial charge on any atom is 0.0335 e. The lowest BCUT2D eigenvalue weighted by atomic mass is 9.78. The van der Waals surface area contributed by atoms with Crippen molar-refractivity contribution in [2.45, 2.75) is 18.8 Å². The van der Waals surface area contributed by atoms with Crippen molar-refractivity contribution in [2.24, 2.45) is 0 Å². The van der Waals surface area contributed by atoms with E-state index in [9.17, 15) is 0 Å². The summed E-state index contributed by atoms with van der Waals surface area (Å²) < 4.78 is 1.10. The largest absolute Gasteiger partial charge is 0.126 e. The molecule has 0 amide bonds. The van der Waals surface area contributed by atoms with Crippen molar-refractivity contribution in [1.29, 1.82) is 0 Å². The van der Waals surface area contributed by atoms with Gasteiger partial charge in [0.15, 0.2) is 0 Å². The SMILES string of the molecule is Cc1cccc(C(CCl)(CCl)Cc2ccccc2Br)c1. The van der Waals surface area contributed by atoms with Crippen molar-refractivity contribution >= 4 is 39.1 Å². The maximum absolute atomic E-state index is 6.31. The maximum atomic E-state index is 6.31. The van der Waals surface area contributed by atoms with Crippen molar-refractivity contribution in [1.82, 2.24) is 0 Å². The lowest BCUT2D eigenvalue weighted by Crippen LogP contribution is -2.33. The van der Waals surface area contributed by atoms with Gasteiger partial charge in [-0.2, -0.15) is 0 Å². The molecule has 0 aromatic heterocycles. The average Bonchev–Trinajstić information content (AvgIpc) is 2.47. The van der Waals surface area contributed by atoms with Gasteiger partial charge in [0.25, 0.3) is 0 Å². The van der Waals surface area contributed by atoms with Gasteiger partial charge in [-0.05, 0) is 30.5 Å². The molecule has 0 aliphatic heterocycles. The molecular weight excluding hydrogens is 355 g/mol. The Kier molecular flexibility index (Phi) is 5.54. The van der Waals surface area contributed by atoms with Crippen LogP contribution in [0.5, 0.6) is 0 Å². The van der Waals surface area contributed by atoms with E-state index in [0.29, 0.717) is 11.8 Å². The zero-order valence-corrected chi connectivity index (χ0v) is 14.5. The number of hydrogen-bond acceptors (Lipinski definition) is 0. The number of hydrogen-bond donors (Lipinski definition) is 0. The molecule has 0 fully saturated rings. The molecule has 0 saturated carbocycles. The number of alkyl halides is 2. The van der Waals surface area contributed by atoms with Crippen molar-refractivity contribution in [3.63, 3.8) is 0 Å². The Morgan fingerprint density at radius 2 is 1.70 bits per heavy atom. The summed E-state index contributed by atoms with van der Waals surface area (Å²) in [6.45, 7) is 2.09. The van der Waals surface area contributed by atoms with Gasteiger partial charge >= 0.3 is 0 Å². The topological polar surface area (TPSA) is 0 Å². The molecule has 2 aromatic rings. The number of rotatable bonds is 5. The summed E-state index contributed by atoms with van der Waals surface area (Å²) in [7, 11) is 0. The summed E-state index contributed by atoms with van der Waals surface area (Å²) >= 11 is 16.2. The summed E-state index contributed by atoms with van der Waals surface area (Å²) in [6, 6.07) is 16.7. The van der Waals surface area contributed by atoms with Crippen molar-refractivity contribution in [3.05, 3.63) is 69.7 Å². The number of halogens is 3. The van der Waals surface area contributed by atoms with E-state index in [1.807, 2.05) is 12.1 Å². The van der Waals surface area contributed by atoms with Gasteiger partial charge in [0.05, 0.1) is 0 Å². The van der Waals surface area contributed by atoms with E-state index < -0.39 is 0 Å². The van der Waals surface area contributed by atoms with Gasteiger partial charge in [-0.25, -0.2) is 0 Å². The van der Waals surface area contributed by atoms with E-state index in [4.69, 9.17) is 23.2 Å². The molecule has 0 nitrogen and oxygen atoms in total. The van der Waals surface area contributed by atoms with Crippen molar-refractivity contribution in [3.8, 4) is 0 Å². The standard InChI is InChI=1S/C17H17BrCl2/c1-13-5-4-7-15(9-13)17(11-19,12-20)10-14-6-2-3-8-16(14)18/h2-9H,10-12H2,1H3. The first kappa shape index (κ1) is 15.9. The quantitative estimate of drug-likeness (QED) is 0.590. The summed E-state index contributed by atoms with van der Waals surface area (Å²) in [5.74, 6) is 1.00. The average molecular weight is 372 g/mol. The molecule has 3 heteroatoms. The zero-order chi connectivity index (χ0) is 14.6. The first-order chi connectivity index (χ1) is 9.61. The predicted octanol–water partition coefficient (Wildman–Crippen LogP) is 5.72. The molecule has 106 valence electrons. The van der Waals surface area contributed by atoms with Gasteiger partial charge in [0, 0.05) is 21.6 Å². The van der Waals surface area contributed by atoms with Gasteiger partial charge < -0.3 is 0 Å². The molecule has 2 rings (SSSR count). The van der Waals surface area contributed by atoms with Gasteiger partial charge in [-0.1, -0.05) is 64.0 Å². The third-order valence-electron chi connectivity index (χ3n) is 3.63. The van der Waals surface area contributed by atoms with Gasteiger partial charge in [-0.15, -0.1) is 23.2 Å². The normalized spacial score (nSPS) is 11.6. The third kappa shape index (κ3) is 3.39. The van der Waals surface area contributed by atoms with E-state index in [0.717, 1.165) is 10.9 Å². The van der Waals surface area contributed by atoms with Crippen LogP contribution in [0.2, 0.25) is 0 Å². The fraction of sp³-hybridized carbons (Fsp3) is 0.294. The Hall–Kier alpha value is -0.500. The van der Waals surface area contributed by atoms with Gasteiger partial charge in [0.2, 0.25) is 0 Å². The molecule has 0 heterocycles. The van der Waals surface area contributed by atoms with Crippen LogP contribution in [0.1, 0.15) is 16.7 Å². The third-order valence-corrected chi connectivity index (χ3v) is 5.43. The summed E-state index contributed by atoms with van der Waals surface area (Å²) in [5, 5.41) is 0. The predicted molar refractivity (Wildman–Crippen MR) is 92.1 cm³/mol. The van der Waals surface area contributed by atoms with Crippen LogP contribution in [0.3, 0.4) is 0 Å². The first-order valence-electron chi connectivity index (χ1n) is 6.54. The summed E-state index contributed by atoms with van der Waals surface area (Å²) in [5.41, 5.74) is 3.43. The van der Waals surface area contributed by atoms with Gasteiger partial charge in [-0.3, -0.25) is 0 Å². The molecule has 0 saturated heterocycles. The van der Waals surface area contributed by atoms with Crippen LogP contribution in [-0.4, -0.2) is 11.8 Å². The number of aryl methyl sites for hydroxylation is 1. The highest BCUT2D eigenvalue weighted by atomic mass is 79.9. The molecule has 0 spiro atoms. The van der Waals surface area contributed by atoms with Gasteiger partial charge in [0.1, 0.15) is 0 Å². The van der Waals surface area contributed by atoms with Crippen molar-refractivity contribution < 1.29 is 0 Å². The second kappa shape index (κ2) is 6.98. The molecule has 0 N–H and O–H groups in total. The van der Waals surface area contributed by atoms with E-state index in [1.165, 1.54) is 16.7 Å². The van der Waals surface area contributed by atoms with Crippen LogP contribution in [-0.2, 0) is 11.8 Å². The van der Waals surface area contributed by atoms with Crippen LogP contribution in [0.4, 0.5) is 0 Å². The van der Waals surface area contributed by atoms with Crippen LogP contribution in [0.25, 0.3) is 0 Å². The Bertz CT molecular complexity index is 577. The van der Waals surface area contributed by atoms with E-state index in [-0.39, 0.29) is 5.41 Å². The molecule has 0 bridgehead atoms. The highest BCUT2D eigenvalue weighted by Crippen LogP contribution is 2.34. The van der Waals surface area contributed by atoms with Crippen molar-refractivity contribution in [2.75, 3.05) is 11.8 Å². The molecule has 20 heavy (non-hydrogen) atoms. The fourth-order valence-corrected chi connectivity index (χ4v) is 3.58. The molecule has 0 atom stereocenters. The fourth-order valence-electron chi connectivity index (χ4n) is 2.37. The minimum absolute atomic E-state index is 0.237. The second-order valence-corrected chi connectivity index (χ2v) is 6.57. The van der Waals surface area contributed by atoms with E-state index >= 15 is 0 Å². The highest BCUT2D eigenvalue weighted by Gasteiger charge is 2.31. The first-order valence-corrected chi connectivity index (χ1v) is 8.40. The highest BCUT2D eigenvalue weighted by molar-refractivity contribution is 9.10. The van der Waals surface area contributed by atoms with Crippen LogP contribution >= 0.6 is 39.1 Å². The van der Waals surface area contributed by atoms with Crippen LogP contribution in [0.15, 0.2) is 53.0 Å². The molecule has 0 aliphatic rings. The Balaban J connectivity index is 2.42. The molecular formula is C17H17BrCl2. The second-order valence-electron chi connectivity index (χ2n) is 5.19. The lowest BCUT2D eigenvalue weighted by molar-refractivity contribution is 0.535. The Morgan fingerprint density at radius 1 is 1.00 bits per heavy atom. The molecule has 2 aromatic carbocycles. The Labute approximate surface area is 139 Å². The molecule has 0 radical (unpaired) electrons. The number of benzene rings is 2. The lowest BCUT2D eigenvalue weighted by Gasteiger charge is -2.31. The Morgan fingerprint density at radius 3 is 2.30 bits per heavy atom.